The fourth-order valence-corrected chi connectivity index (χ4v) is 2.40. The number of hydrogen-bond donors (Lipinski definition) is 1. The van der Waals surface area contributed by atoms with Gasteiger partial charge in [-0.3, -0.25) is 4.79 Å². The molecule has 1 aromatic heterocycles. The summed E-state index contributed by atoms with van der Waals surface area (Å²) in [5, 5.41) is 3.63. The second-order valence-corrected chi connectivity index (χ2v) is 4.47. The fraction of sp³-hybridized carbons (Fsp3) is 0.308. The second-order valence-electron chi connectivity index (χ2n) is 4.47. The van der Waals surface area contributed by atoms with Crippen LogP contribution in [0.1, 0.15) is 18.4 Å². The van der Waals surface area contributed by atoms with Gasteiger partial charge in [0.25, 0.3) is 0 Å². The normalized spacial score (nSPS) is 24.2. The van der Waals surface area contributed by atoms with Crippen LogP contribution in [0.15, 0.2) is 28.9 Å². The molecule has 3 nitrogen and oxygen atoms in total. The molecule has 0 aliphatic carbocycles. The van der Waals surface area contributed by atoms with E-state index in [1.165, 1.54) is 12.3 Å². The predicted octanol–water partition coefficient (Wildman–Crippen LogP) is 2.42. The van der Waals surface area contributed by atoms with Gasteiger partial charge in [-0.05, 0) is 17.7 Å². The summed E-state index contributed by atoms with van der Waals surface area (Å²) in [5.41, 5.74) is 1.13. The van der Waals surface area contributed by atoms with Crippen molar-refractivity contribution in [3.8, 4) is 0 Å². The Morgan fingerprint density at radius 2 is 2.29 bits per heavy atom. The summed E-state index contributed by atoms with van der Waals surface area (Å²) in [6, 6.07) is 4.96. The number of carbonyl (C=O) groups is 1. The third-order valence-corrected chi connectivity index (χ3v) is 3.48. The number of benzene rings is 1. The van der Waals surface area contributed by atoms with E-state index >= 15 is 0 Å². The Morgan fingerprint density at radius 1 is 1.47 bits per heavy atom. The van der Waals surface area contributed by atoms with Crippen molar-refractivity contribution in [3.63, 3.8) is 0 Å². The molecule has 88 valence electrons. The molecule has 1 N–H and O–H groups in total. The Kier molecular flexibility index (Phi) is 2.18. The molecular weight excluding hydrogens is 221 g/mol. The minimum atomic E-state index is -0.305. The van der Waals surface area contributed by atoms with Crippen LogP contribution >= 0.6 is 0 Å². The molecule has 1 aliphatic heterocycles. The van der Waals surface area contributed by atoms with Gasteiger partial charge in [0.1, 0.15) is 11.4 Å². The number of nitrogens with one attached hydrogen (secondary N) is 1. The highest BCUT2D eigenvalue weighted by atomic mass is 19.1. The molecule has 0 bridgehead atoms. The maximum atomic E-state index is 14.0. The third kappa shape index (κ3) is 1.52. The zero-order valence-corrected chi connectivity index (χ0v) is 9.37. The number of rotatable bonds is 1. The van der Waals surface area contributed by atoms with Crippen LogP contribution in [0.4, 0.5) is 4.39 Å². The molecule has 2 atom stereocenters. The largest absolute Gasteiger partial charge is 0.464 e. The van der Waals surface area contributed by atoms with E-state index in [0.29, 0.717) is 17.7 Å². The van der Waals surface area contributed by atoms with Gasteiger partial charge in [0, 0.05) is 29.8 Å². The topological polar surface area (TPSA) is 42.2 Å². The molecule has 0 unspecified atom stereocenters. The molecule has 17 heavy (non-hydrogen) atoms. The van der Waals surface area contributed by atoms with Crippen molar-refractivity contribution in [2.24, 2.45) is 5.92 Å². The molecule has 0 radical (unpaired) electrons. The number of halogens is 1. The van der Waals surface area contributed by atoms with Crippen LogP contribution in [-0.2, 0) is 4.79 Å². The first-order valence-electron chi connectivity index (χ1n) is 5.61. The van der Waals surface area contributed by atoms with E-state index in [1.54, 1.807) is 12.1 Å². The van der Waals surface area contributed by atoms with Gasteiger partial charge in [0.05, 0.1) is 6.26 Å². The summed E-state index contributed by atoms with van der Waals surface area (Å²) in [6.45, 7) is 2.33. The van der Waals surface area contributed by atoms with Crippen molar-refractivity contribution in [1.29, 1.82) is 0 Å². The van der Waals surface area contributed by atoms with Crippen molar-refractivity contribution in [2.75, 3.05) is 6.54 Å². The van der Waals surface area contributed by atoms with Crippen LogP contribution in [0.5, 0.6) is 0 Å². The molecule has 2 aromatic rings. The summed E-state index contributed by atoms with van der Waals surface area (Å²) < 4.78 is 19.1. The number of amides is 1. The van der Waals surface area contributed by atoms with Crippen molar-refractivity contribution in [1.82, 2.24) is 5.32 Å². The van der Waals surface area contributed by atoms with Gasteiger partial charge in [0.2, 0.25) is 5.91 Å². The lowest BCUT2D eigenvalue weighted by Gasteiger charge is -2.13. The summed E-state index contributed by atoms with van der Waals surface area (Å²) in [7, 11) is 0. The zero-order valence-electron chi connectivity index (χ0n) is 9.37. The van der Waals surface area contributed by atoms with E-state index in [2.05, 4.69) is 5.32 Å². The van der Waals surface area contributed by atoms with Crippen molar-refractivity contribution < 1.29 is 13.6 Å². The Labute approximate surface area is 97.6 Å². The van der Waals surface area contributed by atoms with Gasteiger partial charge in [-0.25, -0.2) is 4.39 Å². The molecule has 4 heteroatoms. The summed E-state index contributed by atoms with van der Waals surface area (Å²) >= 11 is 0. The molecule has 1 saturated heterocycles. The lowest BCUT2D eigenvalue weighted by atomic mass is 9.89. The quantitative estimate of drug-likeness (QED) is 0.821. The molecular formula is C13H12FNO2. The van der Waals surface area contributed by atoms with Crippen molar-refractivity contribution in [2.45, 2.75) is 12.8 Å². The van der Waals surface area contributed by atoms with Crippen LogP contribution in [0.25, 0.3) is 11.0 Å². The van der Waals surface area contributed by atoms with Gasteiger partial charge in [-0.15, -0.1) is 0 Å². The van der Waals surface area contributed by atoms with E-state index in [9.17, 15) is 9.18 Å². The van der Waals surface area contributed by atoms with Crippen LogP contribution in [-0.4, -0.2) is 12.5 Å². The van der Waals surface area contributed by atoms with E-state index < -0.39 is 0 Å². The summed E-state index contributed by atoms with van der Waals surface area (Å²) in [6.07, 6.45) is 1.54. The molecule has 1 amide bonds. The SMILES string of the molecule is C[C@@H]1C(=O)NC[C@H]1c1cc2ccoc2cc1F. The van der Waals surface area contributed by atoms with Crippen molar-refractivity contribution >= 4 is 16.9 Å². The Morgan fingerprint density at radius 3 is 3.00 bits per heavy atom. The first-order chi connectivity index (χ1) is 8.16. The van der Waals surface area contributed by atoms with Gasteiger partial charge < -0.3 is 9.73 Å². The molecule has 0 spiro atoms. The van der Waals surface area contributed by atoms with Crippen LogP contribution in [0.3, 0.4) is 0 Å². The molecule has 2 heterocycles. The first-order valence-corrected chi connectivity index (χ1v) is 5.61. The van der Waals surface area contributed by atoms with E-state index in [4.69, 9.17) is 4.42 Å². The molecule has 1 fully saturated rings. The molecule has 3 rings (SSSR count). The van der Waals surface area contributed by atoms with E-state index in [0.717, 1.165) is 5.39 Å². The van der Waals surface area contributed by atoms with Crippen LogP contribution < -0.4 is 5.32 Å². The minimum absolute atomic E-state index is 0.0123. The minimum Gasteiger partial charge on any atom is -0.464 e. The monoisotopic (exact) mass is 233 g/mol. The lowest BCUT2D eigenvalue weighted by molar-refractivity contribution is -0.122. The first kappa shape index (κ1) is 10.3. The third-order valence-electron chi connectivity index (χ3n) is 3.48. The maximum absolute atomic E-state index is 14.0. The maximum Gasteiger partial charge on any atom is 0.223 e. The Bertz CT molecular complexity index is 590. The highest BCUT2D eigenvalue weighted by Crippen LogP contribution is 2.32. The highest BCUT2D eigenvalue weighted by molar-refractivity contribution is 5.83. The lowest BCUT2D eigenvalue weighted by Crippen LogP contribution is -2.17. The van der Waals surface area contributed by atoms with E-state index in [-0.39, 0.29) is 23.6 Å². The summed E-state index contributed by atoms with van der Waals surface area (Å²) in [4.78, 5) is 11.4. The fourth-order valence-electron chi connectivity index (χ4n) is 2.40. The second kappa shape index (κ2) is 3.58. The van der Waals surface area contributed by atoms with Crippen LogP contribution in [0.2, 0.25) is 0 Å². The highest BCUT2D eigenvalue weighted by Gasteiger charge is 2.33. The smallest absolute Gasteiger partial charge is 0.223 e. The van der Waals surface area contributed by atoms with Crippen molar-refractivity contribution in [3.05, 3.63) is 35.8 Å². The zero-order chi connectivity index (χ0) is 12.0. The Balaban J connectivity index is 2.10. The van der Waals surface area contributed by atoms with Gasteiger partial charge in [-0.2, -0.15) is 0 Å². The number of hydrogen-bond acceptors (Lipinski definition) is 2. The molecule has 1 aliphatic rings. The molecule has 1 aromatic carbocycles. The number of furan rings is 1. The number of fused-ring (bicyclic) bond motifs is 1. The van der Waals surface area contributed by atoms with E-state index in [1.807, 2.05) is 6.92 Å². The van der Waals surface area contributed by atoms with Crippen LogP contribution in [0, 0.1) is 11.7 Å². The van der Waals surface area contributed by atoms with Gasteiger partial charge >= 0.3 is 0 Å². The van der Waals surface area contributed by atoms with Gasteiger partial charge in [-0.1, -0.05) is 6.92 Å². The average Bonchev–Trinajstić information content (AvgIpc) is 2.86. The van der Waals surface area contributed by atoms with Gasteiger partial charge in [0.15, 0.2) is 0 Å². The average molecular weight is 233 g/mol. The molecule has 0 saturated carbocycles. The standard InChI is InChI=1S/C13H12FNO2/c1-7-10(6-15-13(7)16)9-4-8-2-3-17-12(8)5-11(9)14/h2-5,7,10H,6H2,1H3,(H,15,16)/t7-,10+/m0/s1. The Hall–Kier alpha value is -1.84. The summed E-state index contributed by atoms with van der Waals surface area (Å²) in [5.74, 6) is -0.599. The predicted molar refractivity (Wildman–Crippen MR) is 61.1 cm³/mol. The number of carbonyl (C=O) groups excluding carboxylic acids is 1.